The number of nitrogens with one attached hydrogen (secondary N) is 2. The maximum atomic E-state index is 13.5. The molecule has 1 aliphatic rings. The van der Waals surface area contributed by atoms with Crippen LogP contribution < -0.4 is 5.32 Å². The Kier molecular flexibility index (Phi) is 5.31. The SMILES string of the molecule is OC1CNCCC1n1cc(-c2cnc3[nH]cc(C=Cc4cc(F)ccc4Cl)c3c2)cn1. The molecule has 0 radical (unpaired) electrons. The fraction of sp³-hybridized carbons (Fsp3) is 0.217. The van der Waals surface area contributed by atoms with Crippen molar-refractivity contribution in [2.75, 3.05) is 13.1 Å². The topological polar surface area (TPSA) is 78.8 Å². The molecule has 0 bridgehead atoms. The molecule has 4 heterocycles. The van der Waals surface area contributed by atoms with Gasteiger partial charge >= 0.3 is 0 Å². The molecule has 2 unspecified atom stereocenters. The minimum absolute atomic E-state index is 0.0338. The summed E-state index contributed by atoms with van der Waals surface area (Å²) in [6.07, 6.45) is 11.5. The third kappa shape index (κ3) is 3.99. The Morgan fingerprint density at radius 3 is 2.90 bits per heavy atom. The second-order valence-electron chi connectivity index (χ2n) is 7.70. The van der Waals surface area contributed by atoms with E-state index in [0.29, 0.717) is 17.1 Å². The molecule has 3 aromatic heterocycles. The molecule has 1 aliphatic heterocycles. The first kappa shape index (κ1) is 19.9. The van der Waals surface area contributed by atoms with Crippen molar-refractivity contribution in [1.29, 1.82) is 0 Å². The standard InChI is InChI=1S/C23H21ClFN5O/c24-20-4-3-18(25)7-14(20)1-2-15-9-27-23-19(15)8-16(10-28-23)17-11-29-30(13-17)21-5-6-26-12-22(21)31/h1-4,7-11,13,21-22,26,31H,5-6,12H2,(H,27,28). The van der Waals surface area contributed by atoms with Crippen LogP contribution in [0.3, 0.4) is 0 Å². The Labute approximate surface area is 183 Å². The first-order valence-corrected chi connectivity index (χ1v) is 10.5. The number of benzene rings is 1. The van der Waals surface area contributed by atoms with Crippen LogP contribution in [0.15, 0.2) is 49.1 Å². The molecule has 0 aliphatic carbocycles. The van der Waals surface area contributed by atoms with Gasteiger partial charge in [-0.15, -0.1) is 0 Å². The second kappa shape index (κ2) is 8.26. The third-order valence-electron chi connectivity index (χ3n) is 5.65. The maximum absolute atomic E-state index is 13.5. The van der Waals surface area contributed by atoms with Crippen LogP contribution in [-0.4, -0.2) is 44.0 Å². The summed E-state index contributed by atoms with van der Waals surface area (Å²) in [6, 6.07) is 6.30. The molecule has 6 nitrogen and oxygen atoms in total. The minimum atomic E-state index is -0.460. The number of β-amino-alcohol motifs (C(OH)–C–C–N with tert-alkyl or cyclic N) is 1. The molecule has 1 saturated heterocycles. The summed E-state index contributed by atoms with van der Waals surface area (Å²) in [7, 11) is 0. The van der Waals surface area contributed by atoms with Crippen LogP contribution >= 0.6 is 11.6 Å². The number of aromatic nitrogens is 4. The second-order valence-corrected chi connectivity index (χ2v) is 8.11. The summed E-state index contributed by atoms with van der Waals surface area (Å²) in [5.74, 6) is -0.331. The van der Waals surface area contributed by atoms with Gasteiger partial charge in [0.1, 0.15) is 11.5 Å². The predicted molar refractivity (Wildman–Crippen MR) is 120 cm³/mol. The van der Waals surface area contributed by atoms with Gasteiger partial charge in [-0.25, -0.2) is 9.37 Å². The number of pyridine rings is 1. The van der Waals surface area contributed by atoms with Gasteiger partial charge in [0.15, 0.2) is 0 Å². The number of aliphatic hydroxyl groups excluding tert-OH is 1. The molecular weight excluding hydrogens is 417 g/mol. The molecule has 5 rings (SSSR count). The van der Waals surface area contributed by atoms with Crippen LogP contribution in [0.1, 0.15) is 23.6 Å². The normalized spacial score (nSPS) is 19.5. The molecule has 4 aromatic rings. The van der Waals surface area contributed by atoms with Crippen LogP contribution in [-0.2, 0) is 0 Å². The van der Waals surface area contributed by atoms with Crippen LogP contribution in [0, 0.1) is 5.82 Å². The van der Waals surface area contributed by atoms with E-state index in [-0.39, 0.29) is 11.9 Å². The molecule has 0 saturated carbocycles. The van der Waals surface area contributed by atoms with E-state index in [1.165, 1.54) is 12.1 Å². The van der Waals surface area contributed by atoms with Crippen molar-refractivity contribution >= 4 is 34.8 Å². The minimum Gasteiger partial charge on any atom is -0.390 e. The van der Waals surface area contributed by atoms with Crippen LogP contribution in [0.4, 0.5) is 4.39 Å². The number of halogens is 2. The lowest BCUT2D eigenvalue weighted by Crippen LogP contribution is -2.41. The largest absolute Gasteiger partial charge is 0.390 e. The summed E-state index contributed by atoms with van der Waals surface area (Å²) < 4.78 is 15.4. The highest BCUT2D eigenvalue weighted by Crippen LogP contribution is 2.28. The van der Waals surface area contributed by atoms with E-state index in [9.17, 15) is 9.50 Å². The number of rotatable bonds is 4. The summed E-state index contributed by atoms with van der Waals surface area (Å²) in [4.78, 5) is 7.69. The number of fused-ring (bicyclic) bond motifs is 1. The van der Waals surface area contributed by atoms with Gasteiger partial charge in [-0.05, 0) is 42.8 Å². The van der Waals surface area contributed by atoms with Gasteiger partial charge in [0.2, 0.25) is 0 Å². The third-order valence-corrected chi connectivity index (χ3v) is 6.00. The summed E-state index contributed by atoms with van der Waals surface area (Å²) in [5, 5.41) is 19.4. The fourth-order valence-electron chi connectivity index (χ4n) is 3.95. The Hall–Kier alpha value is -3.00. The molecule has 8 heteroatoms. The van der Waals surface area contributed by atoms with E-state index < -0.39 is 6.10 Å². The zero-order valence-electron chi connectivity index (χ0n) is 16.6. The number of aliphatic hydroxyl groups is 1. The quantitative estimate of drug-likeness (QED) is 0.445. The van der Waals surface area contributed by atoms with Gasteiger partial charge in [-0.1, -0.05) is 23.8 Å². The summed E-state index contributed by atoms with van der Waals surface area (Å²) >= 11 is 6.17. The number of H-pyrrole nitrogens is 1. The number of hydrogen-bond acceptors (Lipinski definition) is 4. The molecule has 0 spiro atoms. The van der Waals surface area contributed by atoms with Crippen molar-refractivity contribution in [3.63, 3.8) is 0 Å². The lowest BCUT2D eigenvalue weighted by atomic mass is 10.0. The smallest absolute Gasteiger partial charge is 0.137 e. The van der Waals surface area contributed by atoms with Gasteiger partial charge in [0.05, 0.1) is 18.3 Å². The van der Waals surface area contributed by atoms with E-state index in [4.69, 9.17) is 11.6 Å². The number of hydrogen-bond donors (Lipinski definition) is 3. The molecular formula is C23H21ClFN5O. The predicted octanol–water partition coefficient (Wildman–Crippen LogP) is 4.28. The zero-order chi connectivity index (χ0) is 21.4. The van der Waals surface area contributed by atoms with E-state index >= 15 is 0 Å². The maximum Gasteiger partial charge on any atom is 0.137 e. The molecule has 3 N–H and O–H groups in total. The Bertz CT molecular complexity index is 1260. The molecule has 31 heavy (non-hydrogen) atoms. The van der Waals surface area contributed by atoms with E-state index in [1.807, 2.05) is 29.2 Å². The Morgan fingerprint density at radius 2 is 2.03 bits per heavy atom. The molecule has 1 aromatic carbocycles. The fourth-order valence-corrected chi connectivity index (χ4v) is 4.13. The van der Waals surface area contributed by atoms with Gasteiger partial charge in [0.25, 0.3) is 0 Å². The lowest BCUT2D eigenvalue weighted by molar-refractivity contribution is 0.0810. The number of nitrogens with zero attached hydrogens (tertiary/aromatic N) is 3. The average Bonchev–Trinajstić information content (AvgIpc) is 3.42. The van der Waals surface area contributed by atoms with Crippen molar-refractivity contribution in [2.45, 2.75) is 18.6 Å². The van der Waals surface area contributed by atoms with Crippen LogP contribution in [0.5, 0.6) is 0 Å². The summed E-state index contributed by atoms with van der Waals surface area (Å²) in [6.45, 7) is 1.43. The number of piperidine rings is 1. The van der Waals surface area contributed by atoms with Crippen molar-refractivity contribution in [2.24, 2.45) is 0 Å². The van der Waals surface area contributed by atoms with Crippen molar-refractivity contribution in [1.82, 2.24) is 25.1 Å². The monoisotopic (exact) mass is 437 g/mol. The first-order valence-electron chi connectivity index (χ1n) is 10.1. The molecule has 1 fully saturated rings. The zero-order valence-corrected chi connectivity index (χ0v) is 17.4. The van der Waals surface area contributed by atoms with E-state index in [0.717, 1.165) is 40.7 Å². The Morgan fingerprint density at radius 1 is 1.16 bits per heavy atom. The molecule has 2 atom stereocenters. The van der Waals surface area contributed by atoms with Crippen molar-refractivity contribution < 1.29 is 9.50 Å². The van der Waals surface area contributed by atoms with Crippen molar-refractivity contribution in [3.05, 3.63) is 71.0 Å². The van der Waals surface area contributed by atoms with E-state index in [2.05, 4.69) is 20.4 Å². The average molecular weight is 438 g/mol. The van der Waals surface area contributed by atoms with Gasteiger partial charge in [-0.3, -0.25) is 4.68 Å². The molecule has 0 amide bonds. The highest BCUT2D eigenvalue weighted by atomic mass is 35.5. The first-order chi connectivity index (χ1) is 15.1. The lowest BCUT2D eigenvalue weighted by Gasteiger charge is -2.28. The van der Waals surface area contributed by atoms with Crippen molar-refractivity contribution in [3.8, 4) is 11.1 Å². The highest BCUT2D eigenvalue weighted by Gasteiger charge is 2.25. The van der Waals surface area contributed by atoms with Gasteiger partial charge in [-0.2, -0.15) is 5.10 Å². The molecule has 158 valence electrons. The summed E-state index contributed by atoms with van der Waals surface area (Å²) in [5.41, 5.74) is 4.16. The van der Waals surface area contributed by atoms with Gasteiger partial charge < -0.3 is 15.4 Å². The van der Waals surface area contributed by atoms with E-state index in [1.54, 1.807) is 24.5 Å². The van der Waals surface area contributed by atoms with Crippen LogP contribution in [0.2, 0.25) is 5.02 Å². The number of aromatic amines is 1. The van der Waals surface area contributed by atoms with Crippen LogP contribution in [0.25, 0.3) is 34.3 Å². The highest BCUT2D eigenvalue weighted by molar-refractivity contribution is 6.32. The Balaban J connectivity index is 1.45. The van der Waals surface area contributed by atoms with Gasteiger partial charge in [0, 0.05) is 52.2 Å².